The van der Waals surface area contributed by atoms with E-state index < -0.39 is 5.82 Å². The summed E-state index contributed by atoms with van der Waals surface area (Å²) in [7, 11) is 0. The highest BCUT2D eigenvalue weighted by atomic mass is 79.9. The normalized spacial score (nSPS) is 19.8. The molecule has 2 N–H and O–H groups in total. The van der Waals surface area contributed by atoms with Crippen LogP contribution < -0.4 is 10.6 Å². The van der Waals surface area contributed by atoms with Crippen molar-refractivity contribution in [2.24, 2.45) is 0 Å². The average Bonchev–Trinajstić information content (AvgIpc) is 2.70. The fraction of sp³-hybridized carbons (Fsp3) is 0.364. The van der Waals surface area contributed by atoms with Crippen LogP contribution >= 0.6 is 15.9 Å². The van der Waals surface area contributed by atoms with E-state index >= 15 is 0 Å². The molecule has 0 bridgehead atoms. The molecule has 3 nitrogen and oxygen atoms in total. The van der Waals surface area contributed by atoms with Crippen LogP contribution in [0.15, 0.2) is 22.7 Å². The van der Waals surface area contributed by atoms with Crippen molar-refractivity contribution in [2.45, 2.75) is 12.5 Å². The molecule has 0 aliphatic carbocycles. The molecule has 1 heterocycles. The fourth-order valence-corrected chi connectivity index (χ4v) is 2.27. The van der Waals surface area contributed by atoms with Crippen molar-refractivity contribution in [1.29, 1.82) is 0 Å². The highest BCUT2D eigenvalue weighted by Gasteiger charge is 2.21. The Morgan fingerprint density at radius 2 is 2.38 bits per heavy atom. The quantitative estimate of drug-likeness (QED) is 0.869. The van der Waals surface area contributed by atoms with Crippen molar-refractivity contribution in [3.63, 3.8) is 0 Å². The molecule has 0 saturated carbocycles. The Balaban J connectivity index is 2.13. The van der Waals surface area contributed by atoms with Gasteiger partial charge in [-0.2, -0.15) is 0 Å². The van der Waals surface area contributed by atoms with Gasteiger partial charge in [-0.05, 0) is 41.0 Å². The van der Waals surface area contributed by atoms with Crippen molar-refractivity contribution in [3.05, 3.63) is 34.1 Å². The molecule has 0 radical (unpaired) electrons. The summed E-state index contributed by atoms with van der Waals surface area (Å²) in [6.07, 6.45) is 0.887. The number of nitrogens with one attached hydrogen (secondary N) is 2. The maximum Gasteiger partial charge on any atom is 0.255 e. The summed E-state index contributed by atoms with van der Waals surface area (Å²) in [6, 6.07) is 4.60. The Hall–Kier alpha value is -0.940. The van der Waals surface area contributed by atoms with Crippen LogP contribution in [-0.2, 0) is 0 Å². The summed E-state index contributed by atoms with van der Waals surface area (Å²) in [5.74, 6) is -0.864. The molecule has 2 rings (SSSR count). The van der Waals surface area contributed by atoms with Crippen molar-refractivity contribution >= 4 is 21.8 Å². The lowest BCUT2D eigenvalue weighted by atomic mass is 10.1. The molecule has 0 spiro atoms. The van der Waals surface area contributed by atoms with Gasteiger partial charge in [0.2, 0.25) is 0 Å². The average molecular weight is 287 g/mol. The number of carbonyl (C=O) groups is 1. The van der Waals surface area contributed by atoms with E-state index in [2.05, 4.69) is 26.6 Å². The molecule has 16 heavy (non-hydrogen) atoms. The maximum atomic E-state index is 13.5. The van der Waals surface area contributed by atoms with Gasteiger partial charge >= 0.3 is 0 Å². The van der Waals surface area contributed by atoms with E-state index in [4.69, 9.17) is 0 Å². The third-order valence-electron chi connectivity index (χ3n) is 2.59. The van der Waals surface area contributed by atoms with Crippen LogP contribution in [0.3, 0.4) is 0 Å². The van der Waals surface area contributed by atoms with E-state index in [0.29, 0.717) is 4.47 Å². The zero-order valence-electron chi connectivity index (χ0n) is 8.59. The first-order valence-corrected chi connectivity index (χ1v) is 5.93. The highest BCUT2D eigenvalue weighted by molar-refractivity contribution is 9.10. The lowest BCUT2D eigenvalue weighted by molar-refractivity contribution is 0.0935. The molecule has 1 aliphatic rings. The van der Waals surface area contributed by atoms with E-state index in [1.165, 1.54) is 6.07 Å². The van der Waals surface area contributed by atoms with Crippen molar-refractivity contribution in [2.75, 3.05) is 13.1 Å². The first kappa shape index (κ1) is 11.5. The minimum Gasteiger partial charge on any atom is -0.348 e. The molecule has 1 unspecified atom stereocenters. The predicted octanol–water partition coefficient (Wildman–Crippen LogP) is 1.68. The number of rotatable bonds is 2. The summed E-state index contributed by atoms with van der Waals surface area (Å²) in [5, 5.41) is 5.94. The molecule has 1 aromatic carbocycles. The molecule has 1 atom stereocenters. The SMILES string of the molecule is O=C(NC1CCNC1)c1c(F)cccc1Br. The molecule has 1 amide bonds. The molecule has 5 heteroatoms. The second-order valence-corrected chi connectivity index (χ2v) is 4.61. The van der Waals surface area contributed by atoms with Gasteiger partial charge in [0.15, 0.2) is 0 Å². The number of hydrogen-bond acceptors (Lipinski definition) is 2. The lowest BCUT2D eigenvalue weighted by Crippen LogP contribution is -2.36. The van der Waals surface area contributed by atoms with Crippen LogP contribution in [0, 0.1) is 5.82 Å². The van der Waals surface area contributed by atoms with Gasteiger partial charge in [0.25, 0.3) is 5.91 Å². The molecular formula is C11H12BrFN2O. The summed E-state index contributed by atoms with van der Waals surface area (Å²) in [5.41, 5.74) is 0.0781. The van der Waals surface area contributed by atoms with Gasteiger partial charge in [0.1, 0.15) is 5.82 Å². The minimum atomic E-state index is -0.502. The van der Waals surface area contributed by atoms with E-state index in [9.17, 15) is 9.18 Å². The van der Waals surface area contributed by atoms with Gasteiger partial charge in [-0.3, -0.25) is 4.79 Å². The number of halogens is 2. The first-order valence-electron chi connectivity index (χ1n) is 5.14. The van der Waals surface area contributed by atoms with Crippen molar-refractivity contribution < 1.29 is 9.18 Å². The molecule has 86 valence electrons. The molecule has 1 aromatic rings. The monoisotopic (exact) mass is 286 g/mol. The van der Waals surface area contributed by atoms with E-state index in [0.717, 1.165) is 19.5 Å². The molecule has 0 aromatic heterocycles. The van der Waals surface area contributed by atoms with Crippen LogP contribution in [-0.4, -0.2) is 25.0 Å². The summed E-state index contributed by atoms with van der Waals surface area (Å²) in [6.45, 7) is 1.64. The van der Waals surface area contributed by atoms with Crippen LogP contribution in [0.4, 0.5) is 4.39 Å². The van der Waals surface area contributed by atoms with E-state index in [1.54, 1.807) is 12.1 Å². The van der Waals surface area contributed by atoms with E-state index in [1.807, 2.05) is 0 Å². The van der Waals surface area contributed by atoms with Crippen LogP contribution in [0.1, 0.15) is 16.8 Å². The van der Waals surface area contributed by atoms with Crippen LogP contribution in [0.5, 0.6) is 0 Å². The second kappa shape index (κ2) is 4.93. The molecular weight excluding hydrogens is 275 g/mol. The van der Waals surface area contributed by atoms with E-state index in [-0.39, 0.29) is 17.5 Å². The number of hydrogen-bond donors (Lipinski definition) is 2. The predicted molar refractivity (Wildman–Crippen MR) is 62.8 cm³/mol. The van der Waals surface area contributed by atoms with Gasteiger partial charge in [0, 0.05) is 17.1 Å². The Kier molecular flexibility index (Phi) is 3.56. The number of benzene rings is 1. The van der Waals surface area contributed by atoms with Gasteiger partial charge in [-0.25, -0.2) is 4.39 Å². The van der Waals surface area contributed by atoms with Gasteiger partial charge in [-0.1, -0.05) is 6.07 Å². The summed E-state index contributed by atoms with van der Waals surface area (Å²) >= 11 is 3.18. The lowest BCUT2D eigenvalue weighted by Gasteiger charge is -2.12. The Morgan fingerprint density at radius 1 is 1.56 bits per heavy atom. The van der Waals surface area contributed by atoms with Crippen molar-refractivity contribution in [3.8, 4) is 0 Å². The third kappa shape index (κ3) is 2.41. The second-order valence-electron chi connectivity index (χ2n) is 3.76. The number of carbonyl (C=O) groups excluding carboxylic acids is 1. The molecule has 1 saturated heterocycles. The smallest absolute Gasteiger partial charge is 0.255 e. The molecule has 1 aliphatic heterocycles. The Bertz CT molecular complexity index is 385. The van der Waals surface area contributed by atoms with Gasteiger partial charge in [0.05, 0.1) is 5.56 Å². The maximum absolute atomic E-state index is 13.5. The largest absolute Gasteiger partial charge is 0.348 e. The van der Waals surface area contributed by atoms with Gasteiger partial charge < -0.3 is 10.6 Å². The number of amides is 1. The third-order valence-corrected chi connectivity index (χ3v) is 3.25. The van der Waals surface area contributed by atoms with Crippen molar-refractivity contribution in [1.82, 2.24) is 10.6 Å². The van der Waals surface area contributed by atoms with Crippen LogP contribution in [0.25, 0.3) is 0 Å². The summed E-state index contributed by atoms with van der Waals surface area (Å²) in [4.78, 5) is 11.8. The van der Waals surface area contributed by atoms with Gasteiger partial charge in [-0.15, -0.1) is 0 Å². The fourth-order valence-electron chi connectivity index (χ4n) is 1.75. The highest BCUT2D eigenvalue weighted by Crippen LogP contribution is 2.19. The topological polar surface area (TPSA) is 41.1 Å². The Morgan fingerprint density at radius 3 is 3.00 bits per heavy atom. The Labute approximate surface area is 102 Å². The zero-order valence-corrected chi connectivity index (χ0v) is 10.2. The minimum absolute atomic E-state index is 0.0781. The standard InChI is InChI=1S/C11H12BrFN2O/c12-8-2-1-3-9(13)10(8)11(16)15-7-4-5-14-6-7/h1-3,7,14H,4-6H2,(H,15,16). The first-order chi connectivity index (χ1) is 7.68. The summed E-state index contributed by atoms with van der Waals surface area (Å²) < 4.78 is 14.0. The zero-order chi connectivity index (χ0) is 11.5. The molecule has 1 fully saturated rings. The van der Waals surface area contributed by atoms with Crippen LogP contribution in [0.2, 0.25) is 0 Å².